The van der Waals surface area contributed by atoms with Crippen LogP contribution in [0, 0.1) is 11.8 Å². The average molecular weight is 277 g/mol. The molecule has 1 rings (SSSR count). The van der Waals surface area contributed by atoms with Crippen molar-refractivity contribution in [3.05, 3.63) is 35.9 Å². The van der Waals surface area contributed by atoms with Gasteiger partial charge < -0.3 is 16.8 Å². The van der Waals surface area contributed by atoms with Crippen LogP contribution in [0.25, 0.3) is 0 Å². The van der Waals surface area contributed by atoms with Gasteiger partial charge in [0.05, 0.1) is 11.5 Å². The van der Waals surface area contributed by atoms with Gasteiger partial charge in [-0.15, -0.1) is 0 Å². The molecule has 0 aromatic heterocycles. The van der Waals surface area contributed by atoms with Crippen molar-refractivity contribution in [2.45, 2.75) is 39.3 Å². The molecule has 4 heteroatoms. The van der Waals surface area contributed by atoms with Crippen LogP contribution in [0.1, 0.15) is 39.3 Å². The number of amides is 1. The maximum Gasteiger partial charge on any atom is 0.225 e. The minimum Gasteiger partial charge on any atom is -0.349 e. The van der Waals surface area contributed by atoms with Crippen LogP contribution >= 0.6 is 0 Å². The van der Waals surface area contributed by atoms with Gasteiger partial charge in [-0.25, -0.2) is 0 Å². The van der Waals surface area contributed by atoms with Crippen LogP contribution in [0.3, 0.4) is 0 Å². The number of benzene rings is 1. The number of rotatable bonds is 6. The van der Waals surface area contributed by atoms with E-state index in [9.17, 15) is 4.79 Å². The first-order valence-corrected chi connectivity index (χ1v) is 7.14. The summed E-state index contributed by atoms with van der Waals surface area (Å²) >= 11 is 0. The lowest BCUT2D eigenvalue weighted by Gasteiger charge is -2.35. The molecule has 5 N–H and O–H groups in total. The van der Waals surface area contributed by atoms with Gasteiger partial charge in [-0.3, -0.25) is 4.79 Å². The molecule has 4 nitrogen and oxygen atoms in total. The molecule has 0 spiro atoms. The van der Waals surface area contributed by atoms with Crippen LogP contribution in [-0.4, -0.2) is 18.0 Å². The molecule has 3 unspecified atom stereocenters. The molecule has 1 aromatic carbocycles. The highest BCUT2D eigenvalue weighted by Gasteiger charge is 2.32. The maximum absolute atomic E-state index is 12.4. The summed E-state index contributed by atoms with van der Waals surface area (Å²) in [5.41, 5.74) is 12.5. The zero-order chi connectivity index (χ0) is 15.3. The zero-order valence-corrected chi connectivity index (χ0v) is 12.9. The topological polar surface area (TPSA) is 81.1 Å². The Labute approximate surface area is 121 Å². The Hall–Kier alpha value is -1.39. The minimum absolute atomic E-state index is 0.0528. The molecule has 3 atom stereocenters. The second-order valence-electron chi connectivity index (χ2n) is 5.99. The molecule has 0 aliphatic rings. The Bertz CT molecular complexity index is 433. The summed E-state index contributed by atoms with van der Waals surface area (Å²) in [6.07, 6.45) is 0. The van der Waals surface area contributed by atoms with Crippen molar-refractivity contribution in [1.82, 2.24) is 5.32 Å². The molecule has 112 valence electrons. The van der Waals surface area contributed by atoms with E-state index in [2.05, 4.69) is 19.2 Å². The Morgan fingerprint density at radius 2 is 1.80 bits per heavy atom. The third-order valence-electron chi connectivity index (χ3n) is 4.24. The summed E-state index contributed by atoms with van der Waals surface area (Å²) in [5.74, 6) is -0.0957. The highest BCUT2D eigenvalue weighted by atomic mass is 16.2. The lowest BCUT2D eigenvalue weighted by atomic mass is 9.86. The Kier molecular flexibility index (Phi) is 5.72. The molecular formula is C16H27N3O. The number of carbonyl (C=O) groups excluding carboxylic acids is 1. The molecule has 0 heterocycles. The van der Waals surface area contributed by atoms with Crippen LogP contribution in [-0.2, 0) is 4.79 Å². The van der Waals surface area contributed by atoms with Gasteiger partial charge in [-0.2, -0.15) is 0 Å². The van der Waals surface area contributed by atoms with Crippen LogP contribution < -0.4 is 16.8 Å². The summed E-state index contributed by atoms with van der Waals surface area (Å²) < 4.78 is 0. The molecule has 0 aliphatic heterocycles. The first-order valence-electron chi connectivity index (χ1n) is 7.14. The SMILES string of the molecule is CC(C(=O)NC(C)(CN)C(C)C)C(N)c1ccccc1. The molecule has 20 heavy (non-hydrogen) atoms. The van der Waals surface area contributed by atoms with Crippen LogP contribution in [0.5, 0.6) is 0 Å². The summed E-state index contributed by atoms with van der Waals surface area (Å²) in [6, 6.07) is 9.37. The standard InChI is InChI=1S/C16H27N3O/c1-11(2)16(4,10-17)19-15(20)12(3)14(18)13-8-6-5-7-9-13/h5-9,11-12,14H,10,17-18H2,1-4H3,(H,19,20). The number of hydrogen-bond acceptors (Lipinski definition) is 3. The molecule has 0 aliphatic carbocycles. The van der Waals surface area contributed by atoms with Crippen molar-refractivity contribution < 1.29 is 4.79 Å². The lowest BCUT2D eigenvalue weighted by Crippen LogP contribution is -2.56. The van der Waals surface area contributed by atoms with Crippen molar-refractivity contribution in [2.75, 3.05) is 6.54 Å². The number of nitrogens with two attached hydrogens (primary N) is 2. The Balaban J connectivity index is 2.77. The van der Waals surface area contributed by atoms with E-state index in [1.165, 1.54) is 0 Å². The fourth-order valence-electron chi connectivity index (χ4n) is 1.95. The van der Waals surface area contributed by atoms with Crippen LogP contribution in [0.2, 0.25) is 0 Å². The largest absolute Gasteiger partial charge is 0.349 e. The van der Waals surface area contributed by atoms with Gasteiger partial charge in [0.1, 0.15) is 0 Å². The smallest absolute Gasteiger partial charge is 0.225 e. The summed E-state index contributed by atoms with van der Waals surface area (Å²) in [7, 11) is 0. The van der Waals surface area contributed by atoms with E-state index in [4.69, 9.17) is 11.5 Å². The lowest BCUT2D eigenvalue weighted by molar-refractivity contribution is -0.127. The fourth-order valence-corrected chi connectivity index (χ4v) is 1.95. The van der Waals surface area contributed by atoms with Gasteiger partial charge in [0.15, 0.2) is 0 Å². The van der Waals surface area contributed by atoms with Gasteiger partial charge in [-0.05, 0) is 18.4 Å². The van der Waals surface area contributed by atoms with E-state index in [1.807, 2.05) is 44.2 Å². The minimum atomic E-state index is -0.401. The average Bonchev–Trinajstić information content (AvgIpc) is 2.46. The molecule has 1 aromatic rings. The molecular weight excluding hydrogens is 250 g/mol. The van der Waals surface area contributed by atoms with Gasteiger partial charge in [0, 0.05) is 12.6 Å². The molecule has 0 radical (unpaired) electrons. The third-order valence-corrected chi connectivity index (χ3v) is 4.24. The predicted octanol–water partition coefficient (Wildman–Crippen LogP) is 1.81. The number of hydrogen-bond donors (Lipinski definition) is 3. The van der Waals surface area contributed by atoms with E-state index in [0.29, 0.717) is 6.54 Å². The second-order valence-corrected chi connectivity index (χ2v) is 5.99. The normalized spacial score (nSPS) is 17.4. The Morgan fingerprint density at radius 1 is 1.25 bits per heavy atom. The number of carbonyl (C=O) groups is 1. The predicted molar refractivity (Wildman–Crippen MR) is 83.0 cm³/mol. The summed E-state index contributed by atoms with van der Waals surface area (Å²) in [6.45, 7) is 8.33. The molecule has 0 fully saturated rings. The van der Waals surface area contributed by atoms with Crippen molar-refractivity contribution in [2.24, 2.45) is 23.3 Å². The van der Waals surface area contributed by atoms with Gasteiger partial charge in [0.2, 0.25) is 5.91 Å². The van der Waals surface area contributed by atoms with E-state index < -0.39 is 5.54 Å². The molecule has 1 amide bonds. The van der Waals surface area contributed by atoms with E-state index in [0.717, 1.165) is 5.56 Å². The molecule has 0 saturated heterocycles. The van der Waals surface area contributed by atoms with Gasteiger partial charge in [-0.1, -0.05) is 51.1 Å². The molecule has 0 saturated carbocycles. The third kappa shape index (κ3) is 3.81. The van der Waals surface area contributed by atoms with E-state index in [1.54, 1.807) is 0 Å². The highest BCUT2D eigenvalue weighted by Crippen LogP contribution is 2.21. The molecule has 0 bridgehead atoms. The van der Waals surface area contributed by atoms with E-state index >= 15 is 0 Å². The maximum atomic E-state index is 12.4. The quantitative estimate of drug-likeness (QED) is 0.742. The monoisotopic (exact) mass is 277 g/mol. The van der Waals surface area contributed by atoms with Gasteiger partial charge >= 0.3 is 0 Å². The second kappa shape index (κ2) is 6.86. The van der Waals surface area contributed by atoms with Crippen molar-refractivity contribution in [1.29, 1.82) is 0 Å². The first-order chi connectivity index (χ1) is 9.31. The summed E-state index contributed by atoms with van der Waals surface area (Å²) in [5, 5.41) is 3.05. The zero-order valence-electron chi connectivity index (χ0n) is 12.9. The Morgan fingerprint density at radius 3 is 2.25 bits per heavy atom. The van der Waals surface area contributed by atoms with Crippen molar-refractivity contribution in [3.8, 4) is 0 Å². The summed E-state index contributed by atoms with van der Waals surface area (Å²) in [4.78, 5) is 12.4. The van der Waals surface area contributed by atoms with Crippen LogP contribution in [0.15, 0.2) is 30.3 Å². The van der Waals surface area contributed by atoms with Crippen molar-refractivity contribution >= 4 is 5.91 Å². The van der Waals surface area contributed by atoms with E-state index in [-0.39, 0.29) is 23.8 Å². The highest BCUT2D eigenvalue weighted by molar-refractivity contribution is 5.80. The van der Waals surface area contributed by atoms with Gasteiger partial charge in [0.25, 0.3) is 0 Å². The first kappa shape index (κ1) is 16.7. The fraction of sp³-hybridized carbons (Fsp3) is 0.562. The number of nitrogens with one attached hydrogen (secondary N) is 1. The van der Waals surface area contributed by atoms with Crippen molar-refractivity contribution in [3.63, 3.8) is 0 Å². The van der Waals surface area contributed by atoms with Crippen LogP contribution in [0.4, 0.5) is 0 Å².